The minimum atomic E-state index is -0.520. The Labute approximate surface area is 207 Å². The molecule has 5 rings (SSSR count). The molecule has 36 heavy (non-hydrogen) atoms. The molecule has 1 N–H and O–H groups in total. The lowest BCUT2D eigenvalue weighted by Gasteiger charge is -2.13. The van der Waals surface area contributed by atoms with Crippen LogP contribution >= 0.6 is 0 Å². The number of rotatable bonds is 7. The molecule has 0 fully saturated rings. The van der Waals surface area contributed by atoms with E-state index in [1.807, 2.05) is 73.7 Å². The number of methoxy groups -OCH3 is 1. The van der Waals surface area contributed by atoms with E-state index in [-0.39, 0.29) is 12.2 Å². The van der Waals surface area contributed by atoms with Crippen LogP contribution in [0.3, 0.4) is 0 Å². The summed E-state index contributed by atoms with van der Waals surface area (Å²) in [7, 11) is 1.61. The monoisotopic (exact) mass is 480 g/mol. The van der Waals surface area contributed by atoms with Crippen molar-refractivity contribution in [3.63, 3.8) is 0 Å². The summed E-state index contributed by atoms with van der Waals surface area (Å²) in [5, 5.41) is 8.91. The van der Waals surface area contributed by atoms with Gasteiger partial charge in [-0.25, -0.2) is 19.7 Å². The topological polar surface area (TPSA) is 104 Å². The molecular formula is C27H24N6O3. The van der Waals surface area contributed by atoms with Crippen molar-refractivity contribution in [3.8, 4) is 23.0 Å². The molecule has 5 aromatic rings. The number of esters is 1. The van der Waals surface area contributed by atoms with Gasteiger partial charge in [-0.15, -0.1) is 0 Å². The Balaban J connectivity index is 1.57. The molecule has 0 aliphatic rings. The summed E-state index contributed by atoms with van der Waals surface area (Å²) in [6.45, 7) is 3.87. The second-order valence-electron chi connectivity index (χ2n) is 7.97. The van der Waals surface area contributed by atoms with Crippen molar-refractivity contribution in [1.82, 2.24) is 24.7 Å². The second kappa shape index (κ2) is 9.83. The SMILES string of the molecule is CCOC(=O)c1cnc(-c2ccc(OC)cc2)nc1Nc1cc(C)nn1-c1ccc2ccccc2n1. The van der Waals surface area contributed by atoms with Crippen LogP contribution in [-0.4, -0.2) is 44.4 Å². The first kappa shape index (κ1) is 23.0. The molecule has 0 saturated heterocycles. The van der Waals surface area contributed by atoms with E-state index in [0.29, 0.717) is 23.3 Å². The summed E-state index contributed by atoms with van der Waals surface area (Å²) in [5.41, 5.74) is 2.61. The van der Waals surface area contributed by atoms with Gasteiger partial charge in [-0.1, -0.05) is 18.2 Å². The van der Waals surface area contributed by atoms with Gasteiger partial charge in [0.05, 0.1) is 24.9 Å². The maximum atomic E-state index is 12.7. The minimum absolute atomic E-state index is 0.214. The van der Waals surface area contributed by atoms with Crippen LogP contribution in [0.4, 0.5) is 11.6 Å². The summed E-state index contributed by atoms with van der Waals surface area (Å²) >= 11 is 0. The number of hydrogen-bond acceptors (Lipinski definition) is 8. The van der Waals surface area contributed by atoms with Crippen molar-refractivity contribution in [1.29, 1.82) is 0 Å². The van der Waals surface area contributed by atoms with Gasteiger partial charge in [0.2, 0.25) is 0 Å². The summed E-state index contributed by atoms with van der Waals surface area (Å²) in [5.74, 6) is 2.18. The molecule has 0 atom stereocenters. The first-order valence-electron chi connectivity index (χ1n) is 11.4. The summed E-state index contributed by atoms with van der Waals surface area (Å²) in [4.78, 5) is 26.5. The molecule has 9 heteroatoms. The van der Waals surface area contributed by atoms with Crippen LogP contribution in [0.2, 0.25) is 0 Å². The molecule has 0 aliphatic heterocycles. The van der Waals surface area contributed by atoms with Gasteiger partial charge in [0.15, 0.2) is 11.6 Å². The number of nitrogens with one attached hydrogen (secondary N) is 1. The molecule has 0 spiro atoms. The molecule has 0 bridgehead atoms. The van der Waals surface area contributed by atoms with Crippen molar-refractivity contribution in [3.05, 3.63) is 84.2 Å². The Bertz CT molecular complexity index is 1550. The highest BCUT2D eigenvalue weighted by molar-refractivity contribution is 5.95. The highest BCUT2D eigenvalue weighted by atomic mass is 16.5. The number of hydrogen-bond donors (Lipinski definition) is 1. The van der Waals surface area contributed by atoms with Crippen molar-refractivity contribution in [2.24, 2.45) is 0 Å². The molecule has 3 aromatic heterocycles. The number of ether oxygens (including phenoxy) is 2. The van der Waals surface area contributed by atoms with E-state index in [9.17, 15) is 4.79 Å². The third-order valence-electron chi connectivity index (χ3n) is 5.51. The van der Waals surface area contributed by atoms with Crippen molar-refractivity contribution in [2.75, 3.05) is 19.0 Å². The number of nitrogens with zero attached hydrogens (tertiary/aromatic N) is 5. The van der Waals surface area contributed by atoms with Crippen molar-refractivity contribution >= 4 is 28.5 Å². The van der Waals surface area contributed by atoms with E-state index in [4.69, 9.17) is 14.5 Å². The summed E-state index contributed by atoms with van der Waals surface area (Å²) in [6.07, 6.45) is 1.47. The largest absolute Gasteiger partial charge is 0.497 e. The number of benzene rings is 2. The maximum Gasteiger partial charge on any atom is 0.343 e. The Morgan fingerprint density at radius 1 is 1.03 bits per heavy atom. The highest BCUT2D eigenvalue weighted by Gasteiger charge is 2.19. The van der Waals surface area contributed by atoms with Crippen LogP contribution < -0.4 is 10.1 Å². The molecule has 0 saturated carbocycles. The standard InChI is InChI=1S/C27H24N6O3/c1-4-36-27(34)21-16-28-25(19-9-12-20(35-3)13-10-19)31-26(21)30-24-15-17(2)32-33(24)23-14-11-18-7-5-6-8-22(18)29-23/h5-16H,4H2,1-3H3,(H,28,30,31). The predicted octanol–water partition coefficient (Wildman–Crippen LogP) is 5.11. The molecule has 0 amide bonds. The lowest BCUT2D eigenvalue weighted by molar-refractivity contribution is 0.0526. The number of aryl methyl sites for hydroxylation is 1. The number of aromatic nitrogens is 5. The van der Waals surface area contributed by atoms with E-state index in [1.165, 1.54) is 6.20 Å². The lowest BCUT2D eigenvalue weighted by Crippen LogP contribution is -2.12. The van der Waals surface area contributed by atoms with Crippen molar-refractivity contribution < 1.29 is 14.3 Å². The van der Waals surface area contributed by atoms with Gasteiger partial charge >= 0.3 is 5.97 Å². The van der Waals surface area contributed by atoms with Gasteiger partial charge in [0, 0.05) is 23.2 Å². The van der Waals surface area contributed by atoms with Gasteiger partial charge in [0.1, 0.15) is 22.9 Å². The molecule has 9 nitrogen and oxygen atoms in total. The van der Waals surface area contributed by atoms with Gasteiger partial charge in [0.25, 0.3) is 0 Å². The fourth-order valence-electron chi connectivity index (χ4n) is 3.77. The van der Waals surface area contributed by atoms with Crippen molar-refractivity contribution in [2.45, 2.75) is 13.8 Å². The molecule has 0 unspecified atom stereocenters. The first-order chi connectivity index (χ1) is 17.6. The zero-order valence-corrected chi connectivity index (χ0v) is 20.1. The van der Waals surface area contributed by atoms with Crippen LogP contribution in [0.1, 0.15) is 23.0 Å². The predicted molar refractivity (Wildman–Crippen MR) is 137 cm³/mol. The summed E-state index contributed by atoms with van der Waals surface area (Å²) in [6, 6.07) is 21.0. The normalized spacial score (nSPS) is 10.9. The first-order valence-corrected chi connectivity index (χ1v) is 11.4. The lowest BCUT2D eigenvalue weighted by atomic mass is 10.2. The molecule has 0 radical (unpaired) electrons. The molecular weight excluding hydrogens is 456 g/mol. The van der Waals surface area contributed by atoms with Gasteiger partial charge < -0.3 is 14.8 Å². The van der Waals surface area contributed by atoms with Gasteiger partial charge in [-0.2, -0.15) is 9.78 Å². The average Bonchev–Trinajstić information content (AvgIpc) is 3.28. The number of pyridine rings is 1. The van der Waals surface area contributed by atoms with Crippen LogP contribution in [0.15, 0.2) is 72.9 Å². The minimum Gasteiger partial charge on any atom is -0.497 e. The number of carbonyl (C=O) groups is 1. The molecule has 2 aromatic carbocycles. The van der Waals surface area contributed by atoms with Gasteiger partial charge in [-0.3, -0.25) is 0 Å². The quantitative estimate of drug-likeness (QED) is 0.320. The number of para-hydroxylation sites is 1. The van der Waals surface area contributed by atoms with E-state index >= 15 is 0 Å². The van der Waals surface area contributed by atoms with Crippen LogP contribution in [-0.2, 0) is 4.74 Å². The number of fused-ring (bicyclic) bond motifs is 1. The van der Waals surface area contributed by atoms with Crippen LogP contribution in [0, 0.1) is 6.92 Å². The van der Waals surface area contributed by atoms with Crippen LogP contribution in [0.5, 0.6) is 5.75 Å². The average molecular weight is 481 g/mol. The van der Waals surface area contributed by atoms with E-state index in [0.717, 1.165) is 27.9 Å². The molecule has 180 valence electrons. The number of anilines is 2. The Morgan fingerprint density at radius 3 is 2.61 bits per heavy atom. The zero-order valence-electron chi connectivity index (χ0n) is 20.1. The fraction of sp³-hybridized carbons (Fsp3) is 0.148. The zero-order chi connectivity index (χ0) is 25.1. The maximum absolute atomic E-state index is 12.7. The molecule has 0 aliphatic carbocycles. The Hall–Kier alpha value is -4.79. The summed E-state index contributed by atoms with van der Waals surface area (Å²) < 4.78 is 12.2. The van der Waals surface area contributed by atoms with E-state index < -0.39 is 5.97 Å². The third-order valence-corrected chi connectivity index (χ3v) is 5.51. The smallest absolute Gasteiger partial charge is 0.343 e. The van der Waals surface area contributed by atoms with Crippen LogP contribution in [0.25, 0.3) is 28.1 Å². The Morgan fingerprint density at radius 2 is 1.83 bits per heavy atom. The highest BCUT2D eigenvalue weighted by Crippen LogP contribution is 2.27. The third kappa shape index (κ3) is 4.58. The van der Waals surface area contributed by atoms with E-state index in [2.05, 4.69) is 20.4 Å². The second-order valence-corrected chi connectivity index (χ2v) is 7.97. The Kier molecular flexibility index (Phi) is 6.27. The molecule has 3 heterocycles. The van der Waals surface area contributed by atoms with E-state index in [1.54, 1.807) is 18.7 Å². The van der Waals surface area contributed by atoms with Gasteiger partial charge in [-0.05, 0) is 56.3 Å². The fourth-order valence-corrected chi connectivity index (χ4v) is 3.77. The number of carbonyl (C=O) groups excluding carboxylic acids is 1.